The van der Waals surface area contributed by atoms with Crippen LogP contribution >= 0.6 is 0 Å². The second-order valence-corrected chi connectivity index (χ2v) is 4.36. The molecule has 0 saturated heterocycles. The van der Waals surface area contributed by atoms with Crippen molar-refractivity contribution in [2.24, 2.45) is 0 Å². The number of amides is 1. The van der Waals surface area contributed by atoms with Gasteiger partial charge in [-0.1, -0.05) is 38.0 Å². The standard InChI is InChI=1S/C15H24N2O/c1-3-5-9-12-16-13-15(18)17(4-2)14-10-7-6-8-11-14/h6-8,10-11,16H,3-5,9,12-13H2,1-2H3. The van der Waals surface area contributed by atoms with Gasteiger partial charge in [-0.05, 0) is 32.0 Å². The highest BCUT2D eigenvalue weighted by molar-refractivity contribution is 5.94. The van der Waals surface area contributed by atoms with Crippen LogP contribution in [0.15, 0.2) is 30.3 Å². The summed E-state index contributed by atoms with van der Waals surface area (Å²) in [7, 11) is 0. The zero-order valence-corrected chi connectivity index (χ0v) is 11.5. The van der Waals surface area contributed by atoms with Gasteiger partial charge < -0.3 is 10.2 Å². The van der Waals surface area contributed by atoms with Crippen molar-refractivity contribution in [3.63, 3.8) is 0 Å². The molecule has 0 aliphatic heterocycles. The molecule has 0 aliphatic carbocycles. The summed E-state index contributed by atoms with van der Waals surface area (Å²) in [4.78, 5) is 13.9. The van der Waals surface area contributed by atoms with Crippen LogP contribution in [-0.2, 0) is 4.79 Å². The predicted octanol–water partition coefficient (Wildman–Crippen LogP) is 2.82. The van der Waals surface area contributed by atoms with Crippen LogP contribution in [0, 0.1) is 0 Å². The first kappa shape index (κ1) is 14.7. The minimum atomic E-state index is 0.139. The summed E-state index contributed by atoms with van der Waals surface area (Å²) in [6, 6.07) is 9.82. The average molecular weight is 248 g/mol. The molecule has 0 atom stereocenters. The van der Waals surface area contributed by atoms with Crippen molar-refractivity contribution in [1.82, 2.24) is 5.32 Å². The first-order chi connectivity index (χ1) is 8.79. The summed E-state index contributed by atoms with van der Waals surface area (Å²) < 4.78 is 0. The maximum absolute atomic E-state index is 12.1. The van der Waals surface area contributed by atoms with Gasteiger partial charge >= 0.3 is 0 Å². The summed E-state index contributed by atoms with van der Waals surface area (Å²) in [5, 5.41) is 3.21. The summed E-state index contributed by atoms with van der Waals surface area (Å²) in [6.45, 7) is 6.24. The maximum Gasteiger partial charge on any atom is 0.240 e. The van der Waals surface area contributed by atoms with Crippen LogP contribution in [0.1, 0.15) is 33.1 Å². The molecule has 100 valence electrons. The first-order valence-corrected chi connectivity index (χ1v) is 6.85. The third-order valence-electron chi connectivity index (χ3n) is 2.92. The molecular weight excluding hydrogens is 224 g/mol. The lowest BCUT2D eigenvalue weighted by molar-refractivity contribution is -0.117. The summed E-state index contributed by atoms with van der Waals surface area (Å²) in [5.74, 6) is 0.139. The molecule has 0 spiro atoms. The number of carbonyl (C=O) groups is 1. The van der Waals surface area contributed by atoms with E-state index in [0.717, 1.165) is 18.7 Å². The number of hydrogen-bond acceptors (Lipinski definition) is 2. The highest BCUT2D eigenvalue weighted by Crippen LogP contribution is 2.12. The second-order valence-electron chi connectivity index (χ2n) is 4.36. The lowest BCUT2D eigenvalue weighted by Crippen LogP contribution is -2.38. The van der Waals surface area contributed by atoms with Crippen molar-refractivity contribution in [3.05, 3.63) is 30.3 Å². The van der Waals surface area contributed by atoms with Gasteiger partial charge in [0.15, 0.2) is 0 Å². The lowest BCUT2D eigenvalue weighted by atomic mass is 10.2. The number of carbonyl (C=O) groups excluding carboxylic acids is 1. The van der Waals surface area contributed by atoms with Crippen LogP contribution < -0.4 is 10.2 Å². The molecule has 0 heterocycles. The molecular formula is C15H24N2O. The molecule has 1 aromatic carbocycles. The molecule has 1 aromatic rings. The molecule has 0 saturated carbocycles. The van der Waals surface area contributed by atoms with Crippen LogP contribution in [0.25, 0.3) is 0 Å². The van der Waals surface area contributed by atoms with E-state index in [-0.39, 0.29) is 5.91 Å². The van der Waals surface area contributed by atoms with Gasteiger partial charge in [-0.15, -0.1) is 0 Å². The fourth-order valence-electron chi connectivity index (χ4n) is 1.90. The van der Waals surface area contributed by atoms with E-state index >= 15 is 0 Å². The van der Waals surface area contributed by atoms with Crippen molar-refractivity contribution in [2.75, 3.05) is 24.5 Å². The number of benzene rings is 1. The molecule has 18 heavy (non-hydrogen) atoms. The number of nitrogens with one attached hydrogen (secondary N) is 1. The van der Waals surface area contributed by atoms with E-state index in [1.807, 2.05) is 42.2 Å². The number of likely N-dealkylation sites (N-methyl/N-ethyl adjacent to an activating group) is 1. The highest BCUT2D eigenvalue weighted by Gasteiger charge is 2.12. The Labute approximate surface area is 110 Å². The first-order valence-electron chi connectivity index (χ1n) is 6.85. The number of unbranched alkanes of at least 4 members (excludes halogenated alkanes) is 2. The third-order valence-corrected chi connectivity index (χ3v) is 2.92. The van der Waals surface area contributed by atoms with Gasteiger partial charge in [0.2, 0.25) is 5.91 Å². The number of para-hydroxylation sites is 1. The van der Waals surface area contributed by atoms with E-state index in [9.17, 15) is 4.79 Å². The topological polar surface area (TPSA) is 32.3 Å². The monoisotopic (exact) mass is 248 g/mol. The minimum absolute atomic E-state index is 0.139. The highest BCUT2D eigenvalue weighted by atomic mass is 16.2. The molecule has 0 fully saturated rings. The molecule has 0 radical (unpaired) electrons. The van der Waals surface area contributed by atoms with Crippen molar-refractivity contribution in [3.8, 4) is 0 Å². The van der Waals surface area contributed by atoms with E-state index < -0.39 is 0 Å². The van der Waals surface area contributed by atoms with Gasteiger partial charge in [-0.2, -0.15) is 0 Å². The van der Waals surface area contributed by atoms with Gasteiger partial charge in [-0.25, -0.2) is 0 Å². The van der Waals surface area contributed by atoms with E-state index in [1.165, 1.54) is 12.8 Å². The Hall–Kier alpha value is -1.35. The average Bonchev–Trinajstić information content (AvgIpc) is 2.40. The molecule has 0 aliphatic rings. The quantitative estimate of drug-likeness (QED) is 0.717. The summed E-state index contributed by atoms with van der Waals surface area (Å²) >= 11 is 0. The number of rotatable bonds is 8. The largest absolute Gasteiger partial charge is 0.312 e. The van der Waals surface area contributed by atoms with Crippen molar-refractivity contribution in [1.29, 1.82) is 0 Å². The van der Waals surface area contributed by atoms with E-state index in [4.69, 9.17) is 0 Å². The Morgan fingerprint density at radius 3 is 2.50 bits per heavy atom. The Morgan fingerprint density at radius 2 is 1.89 bits per heavy atom. The van der Waals surface area contributed by atoms with Crippen molar-refractivity contribution >= 4 is 11.6 Å². The minimum Gasteiger partial charge on any atom is -0.312 e. The molecule has 3 nitrogen and oxygen atoms in total. The van der Waals surface area contributed by atoms with Crippen LogP contribution in [0.2, 0.25) is 0 Å². The number of anilines is 1. The van der Waals surface area contributed by atoms with Gasteiger partial charge in [0.05, 0.1) is 6.54 Å². The molecule has 1 amide bonds. The Bertz CT molecular complexity index is 338. The van der Waals surface area contributed by atoms with Crippen molar-refractivity contribution in [2.45, 2.75) is 33.1 Å². The van der Waals surface area contributed by atoms with Gasteiger partial charge in [-0.3, -0.25) is 4.79 Å². The smallest absolute Gasteiger partial charge is 0.240 e. The molecule has 0 aromatic heterocycles. The lowest BCUT2D eigenvalue weighted by Gasteiger charge is -2.21. The Morgan fingerprint density at radius 1 is 1.17 bits per heavy atom. The van der Waals surface area contributed by atoms with Gasteiger partial charge in [0.25, 0.3) is 0 Å². The molecule has 1 rings (SSSR count). The molecule has 0 unspecified atom stereocenters. The predicted molar refractivity (Wildman–Crippen MR) is 76.9 cm³/mol. The van der Waals surface area contributed by atoms with Gasteiger partial charge in [0.1, 0.15) is 0 Å². The maximum atomic E-state index is 12.1. The van der Waals surface area contributed by atoms with Gasteiger partial charge in [0, 0.05) is 12.2 Å². The van der Waals surface area contributed by atoms with Crippen LogP contribution in [0.5, 0.6) is 0 Å². The second kappa shape index (κ2) is 8.70. The third kappa shape index (κ3) is 4.88. The van der Waals surface area contributed by atoms with E-state index in [1.54, 1.807) is 0 Å². The van der Waals surface area contributed by atoms with Crippen molar-refractivity contribution < 1.29 is 4.79 Å². The molecule has 0 bridgehead atoms. The Kier molecular flexibility index (Phi) is 7.11. The zero-order valence-electron chi connectivity index (χ0n) is 11.5. The number of nitrogens with zero attached hydrogens (tertiary/aromatic N) is 1. The number of hydrogen-bond donors (Lipinski definition) is 1. The van der Waals surface area contributed by atoms with E-state index in [2.05, 4.69) is 12.2 Å². The fraction of sp³-hybridized carbons (Fsp3) is 0.533. The SMILES string of the molecule is CCCCCNCC(=O)N(CC)c1ccccc1. The zero-order chi connectivity index (χ0) is 13.2. The fourth-order valence-corrected chi connectivity index (χ4v) is 1.90. The molecule has 1 N–H and O–H groups in total. The summed E-state index contributed by atoms with van der Waals surface area (Å²) in [6.07, 6.45) is 3.57. The van der Waals surface area contributed by atoms with Crippen LogP contribution in [0.3, 0.4) is 0 Å². The normalized spacial score (nSPS) is 10.3. The van der Waals surface area contributed by atoms with Crippen LogP contribution in [-0.4, -0.2) is 25.5 Å². The van der Waals surface area contributed by atoms with E-state index in [0.29, 0.717) is 13.1 Å². The Balaban J connectivity index is 2.39. The summed E-state index contributed by atoms with van der Waals surface area (Å²) in [5.41, 5.74) is 0.973. The molecule has 3 heteroatoms. The van der Waals surface area contributed by atoms with Crippen LogP contribution in [0.4, 0.5) is 5.69 Å².